The lowest BCUT2D eigenvalue weighted by atomic mass is 9.95. The summed E-state index contributed by atoms with van der Waals surface area (Å²) in [5.74, 6) is 0. The molecule has 0 fully saturated rings. The van der Waals surface area contributed by atoms with Crippen molar-refractivity contribution in [2.45, 2.75) is 39.2 Å². The molecule has 1 aromatic heterocycles. The van der Waals surface area contributed by atoms with Crippen molar-refractivity contribution >= 4 is 11.3 Å². The smallest absolute Gasteiger partial charge is 0.0649 e. The molecule has 0 radical (unpaired) electrons. The van der Waals surface area contributed by atoms with Crippen LogP contribution in [0.3, 0.4) is 0 Å². The first kappa shape index (κ1) is 12.7. The van der Waals surface area contributed by atoms with E-state index in [2.05, 4.69) is 45.1 Å². The van der Waals surface area contributed by atoms with Crippen LogP contribution in [-0.2, 0) is 5.41 Å². The molecule has 0 bridgehead atoms. The lowest BCUT2D eigenvalue weighted by Gasteiger charge is -2.16. The molecular weight excluding hydrogens is 206 g/mol. The summed E-state index contributed by atoms with van der Waals surface area (Å²) in [4.78, 5) is 2.60. The fourth-order valence-corrected chi connectivity index (χ4v) is 2.58. The minimum atomic E-state index is 0.0936. The molecule has 0 saturated heterocycles. The molecule has 1 atom stereocenters. The van der Waals surface area contributed by atoms with Crippen molar-refractivity contribution in [3.63, 3.8) is 0 Å². The number of hydrogen-bond donors (Lipinski definition) is 2. The van der Waals surface area contributed by atoms with Crippen LogP contribution >= 0.6 is 11.3 Å². The van der Waals surface area contributed by atoms with Gasteiger partial charge in [0.05, 0.1) is 12.6 Å². The summed E-state index contributed by atoms with van der Waals surface area (Å²) < 4.78 is 0. The zero-order valence-electron chi connectivity index (χ0n) is 10.0. The van der Waals surface area contributed by atoms with Crippen molar-refractivity contribution in [1.82, 2.24) is 5.32 Å². The van der Waals surface area contributed by atoms with Crippen LogP contribution in [0.5, 0.6) is 0 Å². The van der Waals surface area contributed by atoms with Gasteiger partial charge < -0.3 is 10.4 Å². The maximum absolute atomic E-state index is 9.27. The van der Waals surface area contributed by atoms with Crippen LogP contribution in [0.2, 0.25) is 0 Å². The van der Waals surface area contributed by atoms with Gasteiger partial charge >= 0.3 is 0 Å². The Hall–Kier alpha value is -0.380. The van der Waals surface area contributed by atoms with Gasteiger partial charge in [-0.15, -0.1) is 11.3 Å². The highest BCUT2D eigenvalue weighted by Crippen LogP contribution is 2.32. The molecule has 86 valence electrons. The van der Waals surface area contributed by atoms with Gasteiger partial charge in [0.25, 0.3) is 0 Å². The zero-order valence-corrected chi connectivity index (χ0v) is 10.8. The lowest BCUT2D eigenvalue weighted by Crippen LogP contribution is -2.22. The number of aliphatic hydroxyl groups excluding tert-OH is 1. The third kappa shape index (κ3) is 3.30. The largest absolute Gasteiger partial charge is 0.394 e. The van der Waals surface area contributed by atoms with Gasteiger partial charge in [-0.1, -0.05) is 27.7 Å². The summed E-state index contributed by atoms with van der Waals surface area (Å²) in [5, 5.41) is 12.5. The number of hydrogen-bond acceptors (Lipinski definition) is 3. The van der Waals surface area contributed by atoms with E-state index in [4.69, 9.17) is 0 Å². The summed E-state index contributed by atoms with van der Waals surface area (Å²) in [5.41, 5.74) is 0.204. The van der Waals surface area contributed by atoms with Gasteiger partial charge in [0, 0.05) is 9.75 Å². The predicted molar refractivity (Wildman–Crippen MR) is 66.5 cm³/mol. The van der Waals surface area contributed by atoms with E-state index in [1.807, 2.05) is 0 Å². The Morgan fingerprint density at radius 1 is 1.40 bits per heavy atom. The third-order valence-corrected chi connectivity index (χ3v) is 3.97. The summed E-state index contributed by atoms with van der Waals surface area (Å²) in [6, 6.07) is 4.38. The van der Waals surface area contributed by atoms with Crippen molar-refractivity contribution in [1.29, 1.82) is 0 Å². The van der Waals surface area contributed by atoms with E-state index >= 15 is 0 Å². The van der Waals surface area contributed by atoms with Crippen molar-refractivity contribution in [3.8, 4) is 0 Å². The normalized spacial score (nSPS) is 14.2. The van der Waals surface area contributed by atoms with Crippen LogP contribution in [0.25, 0.3) is 0 Å². The molecule has 1 aromatic rings. The van der Waals surface area contributed by atoms with Gasteiger partial charge in [0.15, 0.2) is 0 Å². The second-order valence-corrected chi connectivity index (χ2v) is 5.86. The first-order valence-corrected chi connectivity index (χ1v) is 6.25. The van der Waals surface area contributed by atoms with Crippen LogP contribution in [-0.4, -0.2) is 18.3 Å². The second kappa shape index (κ2) is 5.10. The number of aliphatic hydroxyl groups is 1. The molecule has 0 aliphatic heterocycles. The third-order valence-electron chi connectivity index (χ3n) is 2.34. The van der Waals surface area contributed by atoms with Gasteiger partial charge in [-0.2, -0.15) is 0 Å². The highest BCUT2D eigenvalue weighted by molar-refractivity contribution is 7.12. The molecule has 0 aromatic carbocycles. The predicted octanol–water partition coefficient (Wildman–Crippen LogP) is 2.69. The molecule has 0 saturated carbocycles. The van der Waals surface area contributed by atoms with Crippen LogP contribution in [0, 0.1) is 0 Å². The van der Waals surface area contributed by atoms with E-state index in [0.717, 1.165) is 6.54 Å². The van der Waals surface area contributed by atoms with E-state index in [9.17, 15) is 5.11 Å². The van der Waals surface area contributed by atoms with E-state index < -0.39 is 0 Å². The molecule has 0 amide bonds. The lowest BCUT2D eigenvalue weighted by molar-refractivity contribution is 0.248. The number of thiophene rings is 1. The molecular formula is C12H21NOS. The fraction of sp³-hybridized carbons (Fsp3) is 0.667. The summed E-state index contributed by atoms with van der Waals surface area (Å²) in [6.45, 7) is 9.74. The van der Waals surface area contributed by atoms with Gasteiger partial charge in [-0.25, -0.2) is 0 Å². The molecule has 1 unspecified atom stereocenters. The van der Waals surface area contributed by atoms with Crippen molar-refractivity contribution in [2.75, 3.05) is 13.2 Å². The minimum Gasteiger partial charge on any atom is -0.394 e. The van der Waals surface area contributed by atoms with Crippen molar-refractivity contribution in [2.24, 2.45) is 0 Å². The monoisotopic (exact) mass is 227 g/mol. The summed E-state index contributed by atoms with van der Waals surface area (Å²) >= 11 is 1.79. The van der Waals surface area contributed by atoms with E-state index in [1.54, 1.807) is 11.3 Å². The Morgan fingerprint density at radius 2 is 2.07 bits per heavy atom. The molecule has 2 N–H and O–H groups in total. The molecule has 0 spiro atoms. The van der Waals surface area contributed by atoms with Crippen molar-refractivity contribution in [3.05, 3.63) is 21.9 Å². The average molecular weight is 227 g/mol. The molecule has 15 heavy (non-hydrogen) atoms. The fourth-order valence-electron chi connectivity index (χ4n) is 1.44. The quantitative estimate of drug-likeness (QED) is 0.829. The van der Waals surface area contributed by atoms with E-state index in [-0.39, 0.29) is 18.1 Å². The molecule has 2 nitrogen and oxygen atoms in total. The van der Waals surface area contributed by atoms with E-state index in [1.165, 1.54) is 9.75 Å². The van der Waals surface area contributed by atoms with Gasteiger partial charge in [-0.3, -0.25) is 0 Å². The maximum Gasteiger partial charge on any atom is 0.0649 e. The Labute approximate surface area is 96.3 Å². The SMILES string of the molecule is CCNC(CO)c1ccc(C(C)(C)C)s1. The Kier molecular flexibility index (Phi) is 4.32. The molecule has 3 heteroatoms. The van der Waals surface area contributed by atoms with E-state index in [0.29, 0.717) is 0 Å². The molecule has 1 rings (SSSR count). The van der Waals surface area contributed by atoms with Crippen LogP contribution < -0.4 is 5.32 Å². The topological polar surface area (TPSA) is 32.3 Å². The first-order valence-electron chi connectivity index (χ1n) is 5.43. The molecule has 0 aliphatic carbocycles. The number of nitrogens with one attached hydrogen (secondary N) is 1. The Morgan fingerprint density at radius 3 is 2.47 bits per heavy atom. The van der Waals surface area contributed by atoms with Crippen molar-refractivity contribution < 1.29 is 5.11 Å². The molecule has 1 heterocycles. The van der Waals surface area contributed by atoms with Gasteiger partial charge in [0.1, 0.15) is 0 Å². The maximum atomic E-state index is 9.27. The standard InChI is InChI=1S/C12H21NOS/c1-5-13-9(8-14)10-6-7-11(15-10)12(2,3)4/h6-7,9,13-14H,5,8H2,1-4H3. The van der Waals surface area contributed by atoms with Crippen LogP contribution in [0.1, 0.15) is 43.5 Å². The Bertz CT molecular complexity index is 301. The second-order valence-electron chi connectivity index (χ2n) is 4.74. The van der Waals surface area contributed by atoms with Gasteiger partial charge in [0.2, 0.25) is 0 Å². The summed E-state index contributed by atoms with van der Waals surface area (Å²) in [7, 11) is 0. The number of rotatable bonds is 4. The molecule has 0 aliphatic rings. The minimum absolute atomic E-state index is 0.0936. The summed E-state index contributed by atoms with van der Waals surface area (Å²) in [6.07, 6.45) is 0. The number of likely N-dealkylation sites (N-methyl/N-ethyl adjacent to an activating group) is 1. The average Bonchev–Trinajstić information content (AvgIpc) is 2.62. The first-order chi connectivity index (χ1) is 6.99. The van der Waals surface area contributed by atoms with Crippen LogP contribution in [0.4, 0.5) is 0 Å². The van der Waals surface area contributed by atoms with Gasteiger partial charge in [-0.05, 0) is 24.1 Å². The Balaban J connectivity index is 2.82. The van der Waals surface area contributed by atoms with Crippen LogP contribution in [0.15, 0.2) is 12.1 Å². The highest BCUT2D eigenvalue weighted by atomic mass is 32.1. The zero-order chi connectivity index (χ0) is 11.5. The highest BCUT2D eigenvalue weighted by Gasteiger charge is 2.18.